The summed E-state index contributed by atoms with van der Waals surface area (Å²) in [6.07, 6.45) is 6.39. The predicted molar refractivity (Wildman–Crippen MR) is 57.2 cm³/mol. The second-order valence-corrected chi connectivity index (χ2v) is 3.95. The molecule has 0 heterocycles. The van der Waals surface area contributed by atoms with E-state index in [1.807, 2.05) is 0 Å². The van der Waals surface area contributed by atoms with E-state index >= 15 is 0 Å². The molecule has 0 nitrogen and oxygen atoms in total. The van der Waals surface area contributed by atoms with Crippen molar-refractivity contribution >= 4 is 0 Å². The molecule has 0 saturated heterocycles. The number of hydrogen-bond donors (Lipinski definition) is 0. The van der Waals surface area contributed by atoms with Gasteiger partial charge in [0.05, 0.1) is 0 Å². The normalized spacial score (nSPS) is 14.6. The van der Waals surface area contributed by atoms with Gasteiger partial charge in [-0.25, -0.2) is 0 Å². The fraction of sp³-hybridized carbons (Fsp3) is 0.538. The van der Waals surface area contributed by atoms with Crippen molar-refractivity contribution in [3.05, 3.63) is 34.4 Å². The van der Waals surface area contributed by atoms with Crippen molar-refractivity contribution in [1.82, 2.24) is 0 Å². The topological polar surface area (TPSA) is 0 Å². The Labute approximate surface area is 81.0 Å². The molecule has 13 heavy (non-hydrogen) atoms. The molecule has 1 aliphatic rings. The minimum absolute atomic E-state index is 1.18. The third-order valence-corrected chi connectivity index (χ3v) is 3.16. The monoisotopic (exact) mass is 174 g/mol. The maximum absolute atomic E-state index is 2.42. The van der Waals surface area contributed by atoms with Crippen LogP contribution in [0.5, 0.6) is 0 Å². The summed E-state index contributed by atoms with van der Waals surface area (Å²) in [6, 6.07) is 4.83. The highest BCUT2D eigenvalue weighted by Gasteiger charge is 2.14. The zero-order valence-electron chi connectivity index (χ0n) is 8.69. The Kier molecular flexibility index (Phi) is 2.39. The predicted octanol–water partition coefficient (Wildman–Crippen LogP) is 3.30. The lowest BCUT2D eigenvalue weighted by Gasteiger charge is -2.09. The zero-order valence-corrected chi connectivity index (χ0v) is 8.69. The highest BCUT2D eigenvalue weighted by Crippen LogP contribution is 2.27. The van der Waals surface area contributed by atoms with E-state index < -0.39 is 0 Å². The van der Waals surface area contributed by atoms with Crippen LogP contribution in [0, 0.1) is 0 Å². The van der Waals surface area contributed by atoms with E-state index in [0.29, 0.717) is 0 Å². The van der Waals surface area contributed by atoms with Crippen molar-refractivity contribution in [1.29, 1.82) is 0 Å². The SMILES string of the molecule is CCc1cc(CC)c2c(c1)CCC2. The standard InChI is InChI=1S/C13H18/c1-3-10-8-11(4-2)13-7-5-6-12(13)9-10/h8-9H,3-7H2,1-2H3. The lowest BCUT2D eigenvalue weighted by Crippen LogP contribution is -1.94. The molecule has 1 aromatic rings. The van der Waals surface area contributed by atoms with Gasteiger partial charge in [0.25, 0.3) is 0 Å². The van der Waals surface area contributed by atoms with Crippen molar-refractivity contribution in [2.24, 2.45) is 0 Å². The van der Waals surface area contributed by atoms with Crippen LogP contribution in [0.15, 0.2) is 12.1 Å². The van der Waals surface area contributed by atoms with Gasteiger partial charge >= 0.3 is 0 Å². The molecule has 0 amide bonds. The number of hydrogen-bond acceptors (Lipinski definition) is 0. The number of benzene rings is 1. The van der Waals surface area contributed by atoms with E-state index in [1.165, 1.54) is 37.7 Å². The van der Waals surface area contributed by atoms with Gasteiger partial charge in [-0.15, -0.1) is 0 Å². The van der Waals surface area contributed by atoms with E-state index in [0.717, 1.165) is 0 Å². The van der Waals surface area contributed by atoms with Crippen LogP contribution in [0.1, 0.15) is 42.5 Å². The molecule has 0 bridgehead atoms. The quantitative estimate of drug-likeness (QED) is 0.645. The van der Waals surface area contributed by atoms with E-state index in [4.69, 9.17) is 0 Å². The van der Waals surface area contributed by atoms with E-state index in [1.54, 1.807) is 16.7 Å². The number of aryl methyl sites for hydroxylation is 3. The van der Waals surface area contributed by atoms with Gasteiger partial charge in [-0.2, -0.15) is 0 Å². The van der Waals surface area contributed by atoms with E-state index in [9.17, 15) is 0 Å². The molecular formula is C13H18. The fourth-order valence-corrected chi connectivity index (χ4v) is 2.39. The third kappa shape index (κ3) is 1.50. The van der Waals surface area contributed by atoms with Gasteiger partial charge < -0.3 is 0 Å². The van der Waals surface area contributed by atoms with Gasteiger partial charge in [0.1, 0.15) is 0 Å². The van der Waals surface area contributed by atoms with Crippen molar-refractivity contribution < 1.29 is 0 Å². The maximum Gasteiger partial charge on any atom is -0.0270 e. The molecule has 0 spiro atoms. The Hall–Kier alpha value is -0.780. The lowest BCUT2D eigenvalue weighted by atomic mass is 9.97. The highest BCUT2D eigenvalue weighted by atomic mass is 14.2. The van der Waals surface area contributed by atoms with Gasteiger partial charge in [0.2, 0.25) is 0 Å². The molecule has 70 valence electrons. The van der Waals surface area contributed by atoms with Crippen LogP contribution in [-0.4, -0.2) is 0 Å². The number of rotatable bonds is 2. The largest absolute Gasteiger partial charge is 0.0613 e. The molecular weight excluding hydrogens is 156 g/mol. The maximum atomic E-state index is 2.42. The van der Waals surface area contributed by atoms with Gasteiger partial charge in [-0.3, -0.25) is 0 Å². The minimum atomic E-state index is 1.18. The first-order chi connectivity index (χ1) is 6.35. The average molecular weight is 174 g/mol. The smallest absolute Gasteiger partial charge is 0.0270 e. The molecule has 0 saturated carbocycles. The molecule has 1 aromatic carbocycles. The molecule has 0 N–H and O–H groups in total. The van der Waals surface area contributed by atoms with Crippen molar-refractivity contribution in [2.75, 3.05) is 0 Å². The summed E-state index contributed by atoms with van der Waals surface area (Å²) >= 11 is 0. The second kappa shape index (κ2) is 3.53. The third-order valence-electron chi connectivity index (χ3n) is 3.16. The summed E-state index contributed by atoms with van der Waals surface area (Å²) in [6.45, 7) is 4.52. The molecule has 0 aliphatic heterocycles. The molecule has 0 atom stereocenters. The first-order valence-corrected chi connectivity index (χ1v) is 5.48. The summed E-state index contributed by atoms with van der Waals surface area (Å²) in [7, 11) is 0. The molecule has 0 radical (unpaired) electrons. The summed E-state index contributed by atoms with van der Waals surface area (Å²) in [5.41, 5.74) is 6.43. The Balaban J connectivity index is 2.49. The van der Waals surface area contributed by atoms with Gasteiger partial charge in [0, 0.05) is 0 Å². The van der Waals surface area contributed by atoms with Crippen LogP contribution in [0.2, 0.25) is 0 Å². The molecule has 2 rings (SSSR count). The Morgan fingerprint density at radius 1 is 1.08 bits per heavy atom. The van der Waals surface area contributed by atoms with Crippen LogP contribution in [-0.2, 0) is 25.7 Å². The molecule has 0 fully saturated rings. The number of fused-ring (bicyclic) bond motifs is 1. The van der Waals surface area contributed by atoms with E-state index in [2.05, 4.69) is 26.0 Å². The molecule has 0 aromatic heterocycles. The van der Waals surface area contributed by atoms with Crippen molar-refractivity contribution in [3.8, 4) is 0 Å². The van der Waals surface area contributed by atoms with Crippen LogP contribution in [0.3, 0.4) is 0 Å². The van der Waals surface area contributed by atoms with Crippen LogP contribution in [0.25, 0.3) is 0 Å². The van der Waals surface area contributed by atoms with Crippen LogP contribution < -0.4 is 0 Å². The average Bonchev–Trinajstić information content (AvgIpc) is 2.63. The van der Waals surface area contributed by atoms with Crippen molar-refractivity contribution in [2.45, 2.75) is 46.0 Å². The summed E-state index contributed by atoms with van der Waals surface area (Å²) in [4.78, 5) is 0. The lowest BCUT2D eigenvalue weighted by molar-refractivity contribution is 0.905. The van der Waals surface area contributed by atoms with E-state index in [-0.39, 0.29) is 0 Å². The Bertz CT molecular complexity index is 310. The zero-order chi connectivity index (χ0) is 9.26. The fourth-order valence-electron chi connectivity index (χ4n) is 2.39. The first-order valence-electron chi connectivity index (χ1n) is 5.48. The van der Waals surface area contributed by atoms with Gasteiger partial charge in [0.15, 0.2) is 0 Å². The molecule has 0 heteroatoms. The second-order valence-electron chi connectivity index (χ2n) is 3.95. The molecule has 0 unspecified atom stereocenters. The first kappa shape index (κ1) is 8.80. The minimum Gasteiger partial charge on any atom is -0.0613 e. The highest BCUT2D eigenvalue weighted by molar-refractivity contribution is 5.42. The Morgan fingerprint density at radius 2 is 1.92 bits per heavy atom. The van der Waals surface area contributed by atoms with Crippen molar-refractivity contribution in [3.63, 3.8) is 0 Å². The molecule has 1 aliphatic carbocycles. The summed E-state index contributed by atoms with van der Waals surface area (Å²) in [5, 5.41) is 0. The summed E-state index contributed by atoms with van der Waals surface area (Å²) < 4.78 is 0. The van der Waals surface area contributed by atoms with Crippen LogP contribution in [0.4, 0.5) is 0 Å². The summed E-state index contributed by atoms with van der Waals surface area (Å²) in [5.74, 6) is 0. The van der Waals surface area contributed by atoms with Crippen LogP contribution >= 0.6 is 0 Å². The van der Waals surface area contributed by atoms with Gasteiger partial charge in [-0.05, 0) is 54.4 Å². The van der Waals surface area contributed by atoms with Gasteiger partial charge in [-0.1, -0.05) is 26.0 Å². The Morgan fingerprint density at radius 3 is 2.62 bits per heavy atom.